The quantitative estimate of drug-likeness (QED) is 0.0182. The lowest BCUT2D eigenvalue weighted by Gasteiger charge is -2.18. The second kappa shape index (κ2) is 32.6. The monoisotopic (exact) mass is 1210 g/mol. The second-order valence-electron chi connectivity index (χ2n) is 20.7. The van der Waals surface area contributed by atoms with E-state index in [0.29, 0.717) is 0 Å². The summed E-state index contributed by atoms with van der Waals surface area (Å²) in [5, 5.41) is 33.9. The van der Waals surface area contributed by atoms with E-state index in [1.54, 1.807) is 0 Å². The number of amides is 12. The third-order valence-electron chi connectivity index (χ3n) is 13.1. The Morgan fingerprint density at radius 3 is 0.700 bits per heavy atom. The van der Waals surface area contributed by atoms with Crippen molar-refractivity contribution in [1.82, 2.24) is 21.3 Å². The maximum atomic E-state index is 14.0. The van der Waals surface area contributed by atoms with E-state index >= 15 is 0 Å². The summed E-state index contributed by atoms with van der Waals surface area (Å²) in [4.78, 5) is 111. The molecule has 0 spiro atoms. The molecule has 0 aromatic heterocycles. The fourth-order valence-corrected chi connectivity index (χ4v) is 9.49. The summed E-state index contributed by atoms with van der Waals surface area (Å²) in [6, 6.07) is 13.5. The number of hydrogen-bond acceptors (Lipinski definition) is 8. The van der Waals surface area contributed by atoms with Gasteiger partial charge in [0.05, 0.1) is 0 Å². The number of hydrogen-bond donors (Lipinski definition) is 12. The van der Waals surface area contributed by atoms with Gasteiger partial charge in [-0.15, -0.1) is 0 Å². The number of rotatable bonds is 24. The van der Waals surface area contributed by atoms with E-state index in [0.717, 1.165) is 101 Å². The van der Waals surface area contributed by atoms with Gasteiger partial charge in [-0.2, -0.15) is 0 Å². The minimum atomic E-state index is -0.792. The predicted molar refractivity (Wildman–Crippen MR) is 329 cm³/mol. The zero-order valence-electron chi connectivity index (χ0n) is 47.2. The summed E-state index contributed by atoms with van der Waals surface area (Å²) in [7, 11) is 0. The number of unbranched alkanes of at least 4 members (excludes halogenated alkanes) is 7. The Hall–Kier alpha value is -7.43. The summed E-state index contributed by atoms with van der Waals surface area (Å²) < 4.78 is 0.980. The zero-order chi connectivity index (χ0) is 58.1. The average Bonchev–Trinajstić information content (AvgIpc) is 3.38. The third kappa shape index (κ3) is 22.0. The van der Waals surface area contributed by atoms with Crippen LogP contribution in [0.2, 0.25) is 0 Å². The highest BCUT2D eigenvalue weighted by Gasteiger charge is 2.21. The van der Waals surface area contributed by atoms with Crippen molar-refractivity contribution in [3.63, 3.8) is 0 Å². The Morgan fingerprint density at radius 2 is 0.525 bits per heavy atom. The molecule has 4 aromatic rings. The Labute approximate surface area is 484 Å². The highest BCUT2D eigenvalue weighted by molar-refractivity contribution is 14.1. The minimum Gasteiger partial charge on any atom is -0.350 e. The largest absolute Gasteiger partial charge is 0.350 e. The lowest BCUT2D eigenvalue weighted by Crippen LogP contribution is -2.33. The standard InChI is InChI=1S/C59H81IN12O8/c1-8-11-14-19-36(4)61-52(73)40-24-44-32-45(25-40)66-57(78)68-47-27-42(54(75)63-38(6)21-16-13-10-3)29-49(34-47)70-59(80)72-51-31-43(55(76)64-39(7)22-17-18-23-60)30-50(35-51)71-58(79)69-48-28-41(26-46(33-48)67-56(77)65-44)53(74)62-37(5)20-15-12-9-2/h24-39H,8-23H2,1-7H3,(H,61,73)(H,62,74)(H,63,75)(H,64,76)(H2,65,67,77)(H2,66,68,78)(H2,69,71,79)(H2,70,72,80)/t36-,37+,38+,39+/m0/s1. The SMILES string of the molecule is CCCCC[C@@H](C)NC(=O)c1cc2cc(c1)NC(=O)Nc1cc(cc(C(=O)N[C@@H](C)CCCCC)c1)NC(=O)Nc1cc(cc(C(=O)N[C@H](C)CCCCC)c1)NC(=O)Nc1cc(cc(C(=O)N[C@H](C)CCCCI)c1)NC(=O)N2. The molecule has 5 rings (SSSR count). The van der Waals surface area contributed by atoms with Crippen molar-refractivity contribution < 1.29 is 38.4 Å². The van der Waals surface area contributed by atoms with E-state index in [-0.39, 0.29) is 91.9 Å². The van der Waals surface area contributed by atoms with Gasteiger partial charge in [0, 0.05) is 91.9 Å². The molecule has 1 aliphatic rings. The second-order valence-corrected chi connectivity index (χ2v) is 21.8. The molecule has 80 heavy (non-hydrogen) atoms. The van der Waals surface area contributed by atoms with E-state index in [4.69, 9.17) is 0 Å². The first-order valence-corrected chi connectivity index (χ1v) is 29.6. The van der Waals surface area contributed by atoms with Crippen molar-refractivity contribution in [3.8, 4) is 0 Å². The number of fused-ring (bicyclic) bond motifs is 8. The average molecular weight is 1210 g/mol. The van der Waals surface area contributed by atoms with E-state index in [1.807, 2.05) is 27.7 Å². The third-order valence-corrected chi connectivity index (χ3v) is 13.9. The van der Waals surface area contributed by atoms with Crippen LogP contribution in [0.5, 0.6) is 0 Å². The van der Waals surface area contributed by atoms with Crippen LogP contribution in [0.25, 0.3) is 0 Å². The van der Waals surface area contributed by atoms with Crippen LogP contribution in [0.3, 0.4) is 0 Å². The van der Waals surface area contributed by atoms with Crippen LogP contribution in [-0.2, 0) is 0 Å². The van der Waals surface area contributed by atoms with Crippen LogP contribution in [0.15, 0.2) is 72.8 Å². The lowest BCUT2D eigenvalue weighted by molar-refractivity contribution is 0.0929. The molecular weight excluding hydrogens is 1130 g/mol. The summed E-state index contributed by atoms with van der Waals surface area (Å²) >= 11 is 2.31. The van der Waals surface area contributed by atoms with Gasteiger partial charge in [-0.05, 0) is 137 Å². The molecule has 1 aliphatic heterocycles. The van der Waals surface area contributed by atoms with Gasteiger partial charge in [0.15, 0.2) is 0 Å². The molecule has 0 fully saturated rings. The van der Waals surface area contributed by atoms with Gasteiger partial charge in [0.25, 0.3) is 23.6 Å². The first-order chi connectivity index (χ1) is 38.3. The van der Waals surface area contributed by atoms with Gasteiger partial charge < -0.3 is 63.8 Å². The normalized spacial score (nSPS) is 14.2. The van der Waals surface area contributed by atoms with Gasteiger partial charge in [0.1, 0.15) is 0 Å². The Bertz CT molecular complexity index is 2330. The van der Waals surface area contributed by atoms with Crippen LogP contribution >= 0.6 is 22.6 Å². The Kier molecular flexibility index (Phi) is 25.8. The fraction of sp³-hybridized carbons (Fsp3) is 0.458. The molecule has 0 saturated carbocycles. The molecule has 0 radical (unpaired) electrons. The lowest BCUT2D eigenvalue weighted by atomic mass is 10.1. The number of halogens is 1. The van der Waals surface area contributed by atoms with E-state index in [1.165, 1.54) is 72.8 Å². The molecule has 4 aromatic carbocycles. The molecule has 0 saturated heterocycles. The van der Waals surface area contributed by atoms with Crippen LogP contribution < -0.4 is 63.8 Å². The van der Waals surface area contributed by atoms with Crippen molar-refractivity contribution in [2.75, 3.05) is 47.0 Å². The first kappa shape index (κ1) is 63.4. The van der Waals surface area contributed by atoms with E-state index < -0.39 is 47.8 Å². The molecule has 4 atom stereocenters. The molecule has 8 bridgehead atoms. The van der Waals surface area contributed by atoms with Gasteiger partial charge in [-0.3, -0.25) is 19.2 Å². The number of urea groups is 4. The highest BCUT2D eigenvalue weighted by Crippen LogP contribution is 2.27. The molecule has 21 heteroatoms. The van der Waals surface area contributed by atoms with E-state index in [9.17, 15) is 38.4 Å². The van der Waals surface area contributed by atoms with Gasteiger partial charge >= 0.3 is 24.1 Å². The van der Waals surface area contributed by atoms with Crippen LogP contribution in [0, 0.1) is 0 Å². The van der Waals surface area contributed by atoms with Crippen molar-refractivity contribution in [1.29, 1.82) is 0 Å². The number of anilines is 8. The number of carbonyl (C=O) groups excluding carboxylic acids is 8. The van der Waals surface area contributed by atoms with Crippen molar-refractivity contribution in [3.05, 3.63) is 95.1 Å². The summed E-state index contributed by atoms with van der Waals surface area (Å²) in [6.45, 7) is 13.9. The topological polar surface area (TPSA) is 281 Å². The molecule has 1 heterocycles. The maximum absolute atomic E-state index is 14.0. The summed E-state index contributed by atoms with van der Waals surface area (Å²) in [5.74, 6) is -1.83. The van der Waals surface area contributed by atoms with Crippen LogP contribution in [-0.4, -0.2) is 76.3 Å². The number of alkyl halides is 1. The van der Waals surface area contributed by atoms with Gasteiger partial charge in [-0.25, -0.2) is 19.2 Å². The number of nitrogens with one attached hydrogen (secondary N) is 12. The number of carbonyl (C=O) groups is 8. The predicted octanol–water partition coefficient (Wildman–Crippen LogP) is 13.4. The Balaban J connectivity index is 1.59. The van der Waals surface area contributed by atoms with Crippen LogP contribution in [0.1, 0.15) is 186 Å². The van der Waals surface area contributed by atoms with Gasteiger partial charge in [-0.1, -0.05) is 108 Å². The van der Waals surface area contributed by atoms with E-state index in [2.05, 4.69) is 107 Å². The molecule has 0 unspecified atom stereocenters. The summed E-state index contributed by atoms with van der Waals surface area (Å²) in [6.07, 6.45) is 13.6. The highest BCUT2D eigenvalue weighted by atomic mass is 127. The smallest absolute Gasteiger partial charge is 0.323 e. The number of benzene rings is 4. The Morgan fingerprint density at radius 1 is 0.338 bits per heavy atom. The fourth-order valence-electron chi connectivity index (χ4n) is 8.95. The maximum Gasteiger partial charge on any atom is 0.323 e. The van der Waals surface area contributed by atoms with Crippen molar-refractivity contribution in [2.45, 2.75) is 169 Å². The molecular formula is C59H81IN12O8. The molecule has 12 N–H and O–H groups in total. The van der Waals surface area contributed by atoms with Gasteiger partial charge in [0.2, 0.25) is 0 Å². The summed E-state index contributed by atoms with van der Waals surface area (Å²) in [5.41, 5.74) is 1.32. The first-order valence-electron chi connectivity index (χ1n) is 28.0. The molecule has 20 nitrogen and oxygen atoms in total. The minimum absolute atomic E-state index is 0.107. The molecule has 12 amide bonds. The molecule has 432 valence electrons. The van der Waals surface area contributed by atoms with Crippen molar-refractivity contribution in [2.24, 2.45) is 0 Å². The van der Waals surface area contributed by atoms with Crippen LogP contribution in [0.4, 0.5) is 64.7 Å². The van der Waals surface area contributed by atoms with Crippen molar-refractivity contribution >= 4 is 116 Å². The molecule has 0 aliphatic carbocycles. The zero-order valence-corrected chi connectivity index (χ0v) is 49.4.